The van der Waals surface area contributed by atoms with Crippen molar-refractivity contribution in [3.8, 4) is 17.6 Å². The van der Waals surface area contributed by atoms with Crippen LogP contribution in [0.25, 0.3) is 10.9 Å². The quantitative estimate of drug-likeness (QED) is 0.733. The van der Waals surface area contributed by atoms with E-state index in [1.54, 1.807) is 26.5 Å². The van der Waals surface area contributed by atoms with E-state index in [9.17, 15) is 5.26 Å². The zero-order chi connectivity index (χ0) is 19.4. The van der Waals surface area contributed by atoms with Gasteiger partial charge in [0.25, 0.3) is 0 Å². The van der Waals surface area contributed by atoms with Crippen LogP contribution in [0.3, 0.4) is 0 Å². The molecular formula is C19H24N3O4P. The third-order valence-corrected chi connectivity index (χ3v) is 5.78. The van der Waals surface area contributed by atoms with E-state index in [0.29, 0.717) is 34.7 Å². The molecule has 0 atom stereocenters. The summed E-state index contributed by atoms with van der Waals surface area (Å²) in [4.78, 5) is 24.9. The van der Waals surface area contributed by atoms with Gasteiger partial charge in [0.05, 0.1) is 25.5 Å². The molecule has 0 amide bonds. The molecule has 1 aliphatic rings. The third-order valence-electron chi connectivity index (χ3n) is 5.13. The summed E-state index contributed by atoms with van der Waals surface area (Å²) in [6.07, 6.45) is 4.81. The Bertz CT molecular complexity index is 845. The van der Waals surface area contributed by atoms with Gasteiger partial charge in [-0.25, -0.2) is 0 Å². The fraction of sp³-hybridized carbons (Fsp3) is 0.474. The summed E-state index contributed by atoms with van der Waals surface area (Å²) >= 11 is 0. The summed E-state index contributed by atoms with van der Waals surface area (Å²) in [5.74, 6) is 1.75. The zero-order valence-electron chi connectivity index (χ0n) is 15.6. The molecule has 0 aliphatic carbocycles. The zero-order valence-corrected chi connectivity index (χ0v) is 16.4. The second-order valence-corrected chi connectivity index (χ2v) is 7.86. The molecule has 0 saturated carbocycles. The summed E-state index contributed by atoms with van der Waals surface area (Å²) in [5.41, 5.74) is 2.11. The van der Waals surface area contributed by atoms with Crippen molar-refractivity contribution in [1.29, 1.82) is 5.26 Å². The number of methoxy groups -OCH3 is 2. The van der Waals surface area contributed by atoms with E-state index in [1.807, 2.05) is 6.07 Å². The van der Waals surface area contributed by atoms with Crippen molar-refractivity contribution in [2.75, 3.05) is 38.4 Å². The van der Waals surface area contributed by atoms with Gasteiger partial charge in [0.15, 0.2) is 8.38 Å². The minimum Gasteiger partial charge on any atom is -0.497 e. The first kappa shape index (κ1) is 19.6. The van der Waals surface area contributed by atoms with Crippen LogP contribution in [0.1, 0.15) is 24.8 Å². The summed E-state index contributed by atoms with van der Waals surface area (Å²) in [7, 11) is 1.38. The molecule has 1 aromatic heterocycles. The van der Waals surface area contributed by atoms with Crippen LogP contribution in [0.5, 0.6) is 11.5 Å². The molecule has 1 saturated heterocycles. The van der Waals surface area contributed by atoms with E-state index >= 15 is 0 Å². The summed E-state index contributed by atoms with van der Waals surface area (Å²) in [6.45, 7) is 1.62. The number of anilines is 1. The average Bonchev–Trinajstić information content (AvgIpc) is 2.70. The molecule has 0 radical (unpaired) electrons. The number of pyridine rings is 1. The van der Waals surface area contributed by atoms with Crippen LogP contribution in [-0.2, 0) is 0 Å². The molecule has 8 heteroatoms. The van der Waals surface area contributed by atoms with Crippen molar-refractivity contribution in [2.45, 2.75) is 19.3 Å². The number of aromatic nitrogens is 1. The second kappa shape index (κ2) is 8.71. The van der Waals surface area contributed by atoms with Crippen LogP contribution in [0, 0.1) is 17.2 Å². The lowest BCUT2D eigenvalue weighted by Gasteiger charge is -2.35. The Labute approximate surface area is 160 Å². The molecule has 1 fully saturated rings. The molecule has 0 unspecified atom stereocenters. The Morgan fingerprint density at radius 2 is 2.00 bits per heavy atom. The van der Waals surface area contributed by atoms with E-state index in [2.05, 4.69) is 16.0 Å². The number of ether oxygens (including phenoxy) is 2. The molecule has 1 aromatic carbocycles. The van der Waals surface area contributed by atoms with Crippen molar-refractivity contribution in [3.63, 3.8) is 0 Å². The van der Waals surface area contributed by atoms with E-state index in [0.717, 1.165) is 43.4 Å². The number of hydrogen-bond acceptors (Lipinski definition) is 7. The van der Waals surface area contributed by atoms with Gasteiger partial charge in [0, 0.05) is 36.9 Å². The number of hydrogen-bond donors (Lipinski definition) is 2. The Balaban J connectivity index is 1.95. The van der Waals surface area contributed by atoms with Gasteiger partial charge in [-0.05, 0) is 31.2 Å². The first-order valence-corrected chi connectivity index (χ1v) is 10.4. The monoisotopic (exact) mass is 389 g/mol. The van der Waals surface area contributed by atoms with Crippen LogP contribution in [0.2, 0.25) is 0 Å². The standard InChI is InChI=1S/C19H24N3O4P/c1-25-15-9-16-18(17(10-15)26-2)21-12-14(11-20)19(16)22-6-3-13(4-7-22)5-8-27(23)24/h9-10,12-13,23-24H,3-8H2,1-2H3. The summed E-state index contributed by atoms with van der Waals surface area (Å²) in [6, 6.07) is 5.95. The van der Waals surface area contributed by atoms with E-state index in [4.69, 9.17) is 19.3 Å². The highest BCUT2D eigenvalue weighted by Gasteiger charge is 2.24. The fourth-order valence-corrected chi connectivity index (χ4v) is 4.27. The van der Waals surface area contributed by atoms with Gasteiger partial charge in [0.2, 0.25) is 0 Å². The highest BCUT2D eigenvalue weighted by molar-refractivity contribution is 7.45. The molecule has 2 heterocycles. The van der Waals surface area contributed by atoms with Gasteiger partial charge >= 0.3 is 0 Å². The molecule has 2 N–H and O–H groups in total. The highest BCUT2D eigenvalue weighted by Crippen LogP contribution is 2.39. The lowest BCUT2D eigenvalue weighted by Crippen LogP contribution is -2.34. The predicted molar refractivity (Wildman–Crippen MR) is 105 cm³/mol. The first-order chi connectivity index (χ1) is 13.1. The Morgan fingerprint density at radius 1 is 1.26 bits per heavy atom. The first-order valence-electron chi connectivity index (χ1n) is 8.92. The topological polar surface area (TPSA) is 98.8 Å². The lowest BCUT2D eigenvalue weighted by molar-refractivity contribution is 0.387. The van der Waals surface area contributed by atoms with Gasteiger partial charge in [-0.2, -0.15) is 5.26 Å². The molecule has 0 bridgehead atoms. The molecule has 1 aliphatic heterocycles. The Kier molecular flexibility index (Phi) is 6.33. The van der Waals surface area contributed by atoms with Crippen LogP contribution < -0.4 is 14.4 Å². The van der Waals surface area contributed by atoms with E-state index < -0.39 is 8.38 Å². The normalized spacial score (nSPS) is 15.2. The molecule has 0 spiro atoms. The summed E-state index contributed by atoms with van der Waals surface area (Å²) < 4.78 is 10.9. The number of piperidine rings is 1. The van der Waals surface area contributed by atoms with Crippen molar-refractivity contribution in [1.82, 2.24) is 4.98 Å². The van der Waals surface area contributed by atoms with Crippen LogP contribution in [0.15, 0.2) is 18.3 Å². The smallest absolute Gasteiger partial charge is 0.164 e. The summed E-state index contributed by atoms with van der Waals surface area (Å²) in [5, 5.41) is 10.5. The van der Waals surface area contributed by atoms with Gasteiger partial charge in [-0.15, -0.1) is 0 Å². The van der Waals surface area contributed by atoms with E-state index in [-0.39, 0.29) is 0 Å². The van der Waals surface area contributed by atoms with Crippen molar-refractivity contribution < 1.29 is 19.3 Å². The molecule has 3 rings (SSSR count). The van der Waals surface area contributed by atoms with Gasteiger partial charge in [-0.1, -0.05) is 0 Å². The molecule has 2 aromatic rings. The highest BCUT2D eigenvalue weighted by atomic mass is 31.2. The number of nitriles is 1. The molecule has 7 nitrogen and oxygen atoms in total. The van der Waals surface area contributed by atoms with Gasteiger partial charge in [0.1, 0.15) is 23.1 Å². The van der Waals surface area contributed by atoms with Crippen molar-refractivity contribution >= 4 is 25.0 Å². The second-order valence-electron chi connectivity index (χ2n) is 6.67. The van der Waals surface area contributed by atoms with Gasteiger partial charge in [-0.3, -0.25) is 4.98 Å². The van der Waals surface area contributed by atoms with Crippen molar-refractivity contribution in [2.24, 2.45) is 5.92 Å². The largest absolute Gasteiger partial charge is 0.497 e. The van der Waals surface area contributed by atoms with Crippen LogP contribution in [0.4, 0.5) is 5.69 Å². The minimum atomic E-state index is -1.82. The van der Waals surface area contributed by atoms with Crippen molar-refractivity contribution in [3.05, 3.63) is 23.9 Å². The average molecular weight is 389 g/mol. The maximum atomic E-state index is 9.63. The molecule has 27 heavy (non-hydrogen) atoms. The number of nitrogens with zero attached hydrogens (tertiary/aromatic N) is 3. The van der Waals surface area contributed by atoms with Crippen LogP contribution in [-0.4, -0.2) is 48.2 Å². The number of rotatable bonds is 6. The fourth-order valence-electron chi connectivity index (χ4n) is 3.67. The van der Waals surface area contributed by atoms with Crippen LogP contribution >= 0.6 is 8.38 Å². The van der Waals surface area contributed by atoms with Gasteiger partial charge < -0.3 is 24.2 Å². The molecular weight excluding hydrogens is 365 g/mol. The predicted octanol–water partition coefficient (Wildman–Crippen LogP) is 3.03. The Hall–Kier alpha value is -2.13. The SMILES string of the molecule is COc1cc(OC)c2ncc(C#N)c(N3CCC(CCP(O)O)CC3)c2c1. The number of benzene rings is 1. The lowest BCUT2D eigenvalue weighted by atomic mass is 9.93. The number of fused-ring (bicyclic) bond motifs is 1. The third kappa shape index (κ3) is 4.24. The maximum Gasteiger partial charge on any atom is 0.164 e. The molecule has 144 valence electrons. The minimum absolute atomic E-state index is 0.468. The maximum absolute atomic E-state index is 9.63. The van der Waals surface area contributed by atoms with E-state index in [1.165, 1.54) is 0 Å². The Morgan fingerprint density at radius 3 is 2.59 bits per heavy atom.